The van der Waals surface area contributed by atoms with Crippen molar-refractivity contribution in [3.05, 3.63) is 42.4 Å². The number of ether oxygens (including phenoxy) is 1. The molecule has 0 aliphatic carbocycles. The van der Waals surface area contributed by atoms with Gasteiger partial charge in [-0.05, 0) is 32.8 Å². The Kier molecular flexibility index (Phi) is 3.64. The van der Waals surface area contributed by atoms with Crippen LogP contribution in [0.2, 0.25) is 0 Å². The van der Waals surface area contributed by atoms with E-state index in [0.29, 0.717) is 6.54 Å². The second kappa shape index (κ2) is 5.48. The molecule has 22 heavy (non-hydrogen) atoms. The molecule has 1 unspecified atom stereocenters. The first-order valence-electron chi connectivity index (χ1n) is 7.54. The van der Waals surface area contributed by atoms with Gasteiger partial charge in [0.1, 0.15) is 5.60 Å². The van der Waals surface area contributed by atoms with E-state index in [0.717, 1.165) is 12.1 Å². The fourth-order valence-electron chi connectivity index (χ4n) is 2.85. The summed E-state index contributed by atoms with van der Waals surface area (Å²) in [5, 5.41) is 2.83. The largest absolute Gasteiger partial charge is 0.444 e. The zero-order valence-corrected chi connectivity index (χ0v) is 13.2. The zero-order valence-electron chi connectivity index (χ0n) is 13.2. The monoisotopic (exact) mass is 299 g/mol. The van der Waals surface area contributed by atoms with Gasteiger partial charge in [0, 0.05) is 12.1 Å². The molecule has 1 aromatic heterocycles. The van der Waals surface area contributed by atoms with Gasteiger partial charge in [0.15, 0.2) is 0 Å². The van der Waals surface area contributed by atoms with Gasteiger partial charge in [0.05, 0.1) is 24.3 Å². The first-order chi connectivity index (χ1) is 10.5. The second-order valence-corrected chi connectivity index (χ2v) is 6.51. The molecule has 0 spiro atoms. The van der Waals surface area contributed by atoms with Crippen LogP contribution in [0, 0.1) is 0 Å². The molecular formula is C17H21N3O2. The van der Waals surface area contributed by atoms with E-state index < -0.39 is 5.60 Å². The first-order valence-corrected chi connectivity index (χ1v) is 7.54. The molecule has 1 aliphatic rings. The normalized spacial score (nSPS) is 16.0. The van der Waals surface area contributed by atoms with Crippen LogP contribution >= 0.6 is 0 Å². The van der Waals surface area contributed by atoms with Gasteiger partial charge in [0.25, 0.3) is 0 Å². The molecule has 1 amide bonds. The van der Waals surface area contributed by atoms with E-state index in [1.54, 1.807) is 0 Å². The Morgan fingerprint density at radius 2 is 2.14 bits per heavy atom. The van der Waals surface area contributed by atoms with Crippen LogP contribution in [-0.2, 0) is 4.74 Å². The summed E-state index contributed by atoms with van der Waals surface area (Å²) < 4.78 is 7.43. The predicted molar refractivity (Wildman–Crippen MR) is 84.7 cm³/mol. The molecule has 0 bridgehead atoms. The van der Waals surface area contributed by atoms with Crippen molar-refractivity contribution in [1.29, 1.82) is 0 Å². The molecule has 2 aromatic rings. The minimum Gasteiger partial charge on any atom is -0.444 e. The van der Waals surface area contributed by atoms with Crippen LogP contribution in [0.1, 0.15) is 38.8 Å². The molecule has 1 aromatic carbocycles. The lowest BCUT2D eigenvalue weighted by molar-refractivity contribution is 0.0526. The van der Waals surface area contributed by atoms with Crippen molar-refractivity contribution in [2.45, 2.75) is 38.8 Å². The number of benzene rings is 1. The molecule has 5 heteroatoms. The van der Waals surface area contributed by atoms with Crippen LogP contribution in [0.3, 0.4) is 0 Å². The van der Waals surface area contributed by atoms with Crippen molar-refractivity contribution in [3.63, 3.8) is 0 Å². The minimum absolute atomic E-state index is 0.212. The van der Waals surface area contributed by atoms with E-state index >= 15 is 0 Å². The van der Waals surface area contributed by atoms with Gasteiger partial charge in [-0.3, -0.25) is 0 Å². The zero-order chi connectivity index (χ0) is 15.7. The maximum absolute atomic E-state index is 11.7. The van der Waals surface area contributed by atoms with E-state index in [9.17, 15) is 4.79 Å². The average molecular weight is 299 g/mol. The third kappa shape index (κ3) is 2.84. The highest BCUT2D eigenvalue weighted by Gasteiger charge is 2.27. The van der Waals surface area contributed by atoms with E-state index in [1.807, 2.05) is 45.4 Å². The Morgan fingerprint density at radius 1 is 1.36 bits per heavy atom. The number of hydrogen-bond donors (Lipinski definition) is 1. The molecule has 1 aliphatic heterocycles. The van der Waals surface area contributed by atoms with Crippen LogP contribution in [0.25, 0.3) is 11.3 Å². The van der Waals surface area contributed by atoms with E-state index in [-0.39, 0.29) is 12.1 Å². The Balaban J connectivity index is 1.66. The summed E-state index contributed by atoms with van der Waals surface area (Å²) in [4.78, 5) is 16.0. The third-order valence-electron chi connectivity index (χ3n) is 3.68. The van der Waals surface area contributed by atoms with Gasteiger partial charge < -0.3 is 14.6 Å². The third-order valence-corrected chi connectivity index (χ3v) is 3.68. The summed E-state index contributed by atoms with van der Waals surface area (Å²) >= 11 is 0. The number of nitrogens with one attached hydrogen (secondary N) is 1. The molecule has 0 radical (unpaired) electrons. The molecule has 0 saturated heterocycles. The number of imidazole rings is 1. The number of rotatable bonds is 3. The number of alkyl carbamates (subject to hydrolysis) is 1. The van der Waals surface area contributed by atoms with Crippen molar-refractivity contribution in [1.82, 2.24) is 14.9 Å². The highest BCUT2D eigenvalue weighted by atomic mass is 16.6. The first kappa shape index (κ1) is 14.6. The molecule has 0 fully saturated rings. The van der Waals surface area contributed by atoms with Gasteiger partial charge in [-0.2, -0.15) is 0 Å². The summed E-state index contributed by atoms with van der Waals surface area (Å²) in [7, 11) is 0. The standard InChI is InChI=1S/C17H21N3O2/c1-17(2,3)22-16(21)19-9-8-14-12-6-4-5-7-13(12)15-10-18-11-20(14)15/h4-7,10-11,14H,8-9H2,1-3H3,(H,19,21). The molecule has 2 heterocycles. The van der Waals surface area contributed by atoms with Crippen LogP contribution in [0.5, 0.6) is 0 Å². The van der Waals surface area contributed by atoms with Gasteiger partial charge in [-0.1, -0.05) is 24.3 Å². The van der Waals surface area contributed by atoms with Crippen LogP contribution < -0.4 is 5.32 Å². The molecule has 0 saturated carbocycles. The van der Waals surface area contributed by atoms with E-state index in [2.05, 4.69) is 27.0 Å². The second-order valence-electron chi connectivity index (χ2n) is 6.51. The number of nitrogens with zero attached hydrogens (tertiary/aromatic N) is 2. The number of aromatic nitrogens is 2. The van der Waals surface area contributed by atoms with Crippen molar-refractivity contribution in [3.8, 4) is 11.3 Å². The van der Waals surface area contributed by atoms with Gasteiger partial charge >= 0.3 is 6.09 Å². The van der Waals surface area contributed by atoms with Crippen molar-refractivity contribution in [2.24, 2.45) is 0 Å². The van der Waals surface area contributed by atoms with Crippen molar-refractivity contribution < 1.29 is 9.53 Å². The molecule has 1 atom stereocenters. The maximum atomic E-state index is 11.7. The fourth-order valence-corrected chi connectivity index (χ4v) is 2.85. The summed E-state index contributed by atoms with van der Waals surface area (Å²) in [5.41, 5.74) is 3.17. The minimum atomic E-state index is -0.471. The maximum Gasteiger partial charge on any atom is 0.407 e. The summed E-state index contributed by atoms with van der Waals surface area (Å²) in [5.74, 6) is 0. The highest BCUT2D eigenvalue weighted by molar-refractivity contribution is 5.69. The van der Waals surface area contributed by atoms with E-state index in [1.165, 1.54) is 11.1 Å². The van der Waals surface area contributed by atoms with Crippen LogP contribution in [0.4, 0.5) is 4.79 Å². The fraction of sp³-hybridized carbons (Fsp3) is 0.412. The Morgan fingerprint density at radius 3 is 2.91 bits per heavy atom. The summed E-state index contributed by atoms with van der Waals surface area (Å²) in [6.45, 7) is 6.14. The summed E-state index contributed by atoms with van der Waals surface area (Å²) in [6, 6.07) is 8.55. The molecule has 5 nitrogen and oxygen atoms in total. The number of carbonyl (C=O) groups excluding carboxylic acids is 1. The number of hydrogen-bond acceptors (Lipinski definition) is 3. The predicted octanol–water partition coefficient (Wildman–Crippen LogP) is 3.37. The number of fused-ring (bicyclic) bond motifs is 3. The molecule has 1 N–H and O–H groups in total. The average Bonchev–Trinajstić information content (AvgIpc) is 2.99. The summed E-state index contributed by atoms with van der Waals surface area (Å²) in [6.07, 6.45) is 4.18. The lowest BCUT2D eigenvalue weighted by Gasteiger charge is -2.20. The Bertz CT molecular complexity index is 685. The Labute approximate surface area is 130 Å². The molecular weight excluding hydrogens is 278 g/mol. The lowest BCUT2D eigenvalue weighted by Crippen LogP contribution is -2.33. The lowest BCUT2D eigenvalue weighted by atomic mass is 10.0. The Hall–Kier alpha value is -2.30. The van der Waals surface area contributed by atoms with E-state index in [4.69, 9.17) is 4.74 Å². The smallest absolute Gasteiger partial charge is 0.407 e. The van der Waals surface area contributed by atoms with Gasteiger partial charge in [-0.15, -0.1) is 0 Å². The quantitative estimate of drug-likeness (QED) is 0.945. The van der Waals surface area contributed by atoms with Gasteiger partial charge in [0.2, 0.25) is 0 Å². The number of amides is 1. The van der Waals surface area contributed by atoms with Crippen LogP contribution in [0.15, 0.2) is 36.8 Å². The van der Waals surface area contributed by atoms with Crippen LogP contribution in [-0.4, -0.2) is 27.8 Å². The van der Waals surface area contributed by atoms with Gasteiger partial charge in [-0.25, -0.2) is 9.78 Å². The number of carbonyl (C=O) groups is 1. The molecule has 116 valence electrons. The topological polar surface area (TPSA) is 56.1 Å². The highest BCUT2D eigenvalue weighted by Crippen LogP contribution is 2.40. The molecule has 3 rings (SSSR count). The van der Waals surface area contributed by atoms with Crippen molar-refractivity contribution >= 4 is 6.09 Å². The SMILES string of the molecule is CC(C)(C)OC(=O)NCCC1c2ccccc2-c2cncn21. The van der Waals surface area contributed by atoms with Crippen molar-refractivity contribution in [2.75, 3.05) is 6.54 Å².